The van der Waals surface area contributed by atoms with Crippen molar-refractivity contribution in [2.24, 2.45) is 0 Å². The first-order valence-electron chi connectivity index (χ1n) is 5.16. The molecule has 94 valence electrons. The second-order valence-electron chi connectivity index (χ2n) is 3.35. The van der Waals surface area contributed by atoms with Crippen LogP contribution in [0.15, 0.2) is 22.7 Å². The molecule has 1 atom stereocenters. The molecule has 4 nitrogen and oxygen atoms in total. The Balaban J connectivity index is 2.70. The van der Waals surface area contributed by atoms with Gasteiger partial charge in [0.05, 0.1) is 5.56 Å². The first-order chi connectivity index (χ1) is 8.04. The Kier molecular flexibility index (Phi) is 5.64. The molecule has 1 unspecified atom stereocenters. The van der Waals surface area contributed by atoms with E-state index in [0.29, 0.717) is 23.7 Å². The number of carboxylic acids is 1. The maximum absolute atomic E-state index is 11.2. The van der Waals surface area contributed by atoms with Crippen LogP contribution in [0.1, 0.15) is 17.3 Å². The van der Waals surface area contributed by atoms with Crippen LogP contribution in [0, 0.1) is 0 Å². The summed E-state index contributed by atoms with van der Waals surface area (Å²) in [5, 5.41) is 12.0. The molecular weight excluding hydrogens is 306 g/mol. The average Bonchev–Trinajstić information content (AvgIpc) is 2.30. The van der Waals surface area contributed by atoms with Crippen molar-refractivity contribution in [3.63, 3.8) is 0 Å². The fourth-order valence-corrected chi connectivity index (χ4v) is 2.27. The van der Waals surface area contributed by atoms with E-state index < -0.39 is 16.8 Å². The first-order valence-corrected chi connectivity index (χ1v) is 7.44. The van der Waals surface area contributed by atoms with Crippen molar-refractivity contribution in [3.05, 3.63) is 28.2 Å². The van der Waals surface area contributed by atoms with Crippen LogP contribution in [0.2, 0.25) is 0 Å². The molecule has 0 spiro atoms. The number of carboxylic acid groups (broad SMARTS) is 1. The number of carbonyl (C=O) groups is 1. The summed E-state index contributed by atoms with van der Waals surface area (Å²) in [5.41, 5.74) is 0.760. The largest absolute Gasteiger partial charge is 0.478 e. The zero-order valence-corrected chi connectivity index (χ0v) is 11.8. The molecule has 0 saturated heterocycles. The molecule has 0 bridgehead atoms. The quantitative estimate of drug-likeness (QED) is 0.844. The Hall–Kier alpha value is -0.880. The van der Waals surface area contributed by atoms with Crippen molar-refractivity contribution in [2.75, 3.05) is 23.4 Å². The lowest BCUT2D eigenvalue weighted by atomic mass is 10.2. The van der Waals surface area contributed by atoms with Gasteiger partial charge in [-0.3, -0.25) is 4.21 Å². The van der Waals surface area contributed by atoms with E-state index in [1.165, 1.54) is 0 Å². The SMILES string of the molecule is CCS(=O)CCNc1ccc(Br)cc1C(=O)O. The molecule has 0 aliphatic heterocycles. The predicted molar refractivity (Wildman–Crippen MR) is 73.1 cm³/mol. The van der Waals surface area contributed by atoms with Gasteiger partial charge in [0, 0.05) is 39.0 Å². The molecule has 0 aromatic heterocycles. The number of rotatable bonds is 6. The summed E-state index contributed by atoms with van der Waals surface area (Å²) in [6.45, 7) is 2.36. The predicted octanol–water partition coefficient (Wildman–Crippen LogP) is 2.33. The maximum atomic E-state index is 11.2. The highest BCUT2D eigenvalue weighted by molar-refractivity contribution is 9.10. The van der Waals surface area contributed by atoms with Gasteiger partial charge in [-0.2, -0.15) is 0 Å². The van der Waals surface area contributed by atoms with Crippen LogP contribution in [-0.4, -0.2) is 33.3 Å². The number of hydrogen-bond donors (Lipinski definition) is 2. The lowest BCUT2D eigenvalue weighted by Gasteiger charge is -2.09. The molecule has 0 fully saturated rings. The molecule has 0 radical (unpaired) electrons. The number of benzene rings is 1. The molecule has 0 aliphatic rings. The van der Waals surface area contributed by atoms with E-state index in [0.717, 1.165) is 4.47 Å². The summed E-state index contributed by atoms with van der Waals surface area (Å²) in [6, 6.07) is 5.01. The minimum absolute atomic E-state index is 0.210. The van der Waals surface area contributed by atoms with Gasteiger partial charge < -0.3 is 10.4 Å². The highest BCUT2D eigenvalue weighted by atomic mass is 79.9. The molecule has 1 aromatic rings. The van der Waals surface area contributed by atoms with Gasteiger partial charge in [-0.1, -0.05) is 22.9 Å². The van der Waals surface area contributed by atoms with E-state index in [4.69, 9.17) is 5.11 Å². The van der Waals surface area contributed by atoms with Gasteiger partial charge in [0.15, 0.2) is 0 Å². The van der Waals surface area contributed by atoms with Gasteiger partial charge in [-0.15, -0.1) is 0 Å². The second kappa shape index (κ2) is 6.76. The zero-order valence-electron chi connectivity index (χ0n) is 9.40. The summed E-state index contributed by atoms with van der Waals surface area (Å²) in [5.74, 6) is 0.157. The van der Waals surface area contributed by atoms with Gasteiger partial charge >= 0.3 is 5.97 Å². The standard InChI is InChI=1S/C11H14BrNO3S/c1-2-17(16)6-5-13-10-4-3-8(12)7-9(10)11(14)15/h3-4,7,13H,2,5-6H2,1H3,(H,14,15). The number of hydrogen-bond acceptors (Lipinski definition) is 3. The van der Waals surface area contributed by atoms with Crippen molar-refractivity contribution >= 4 is 38.4 Å². The van der Waals surface area contributed by atoms with E-state index in [2.05, 4.69) is 21.2 Å². The van der Waals surface area contributed by atoms with Crippen molar-refractivity contribution in [3.8, 4) is 0 Å². The van der Waals surface area contributed by atoms with Crippen LogP contribution in [0.4, 0.5) is 5.69 Å². The lowest BCUT2D eigenvalue weighted by Crippen LogP contribution is -2.14. The third-order valence-electron chi connectivity index (χ3n) is 2.18. The van der Waals surface area contributed by atoms with E-state index in [1.807, 2.05) is 6.92 Å². The third-order valence-corrected chi connectivity index (χ3v) is 3.98. The average molecular weight is 320 g/mol. The van der Waals surface area contributed by atoms with E-state index in [1.54, 1.807) is 18.2 Å². The van der Waals surface area contributed by atoms with Crippen LogP contribution in [0.25, 0.3) is 0 Å². The number of anilines is 1. The summed E-state index contributed by atoms with van der Waals surface area (Å²) in [7, 11) is -0.842. The van der Waals surface area contributed by atoms with Crippen LogP contribution in [0.5, 0.6) is 0 Å². The van der Waals surface area contributed by atoms with Gasteiger partial charge in [-0.25, -0.2) is 4.79 Å². The van der Waals surface area contributed by atoms with Crippen molar-refractivity contribution in [2.45, 2.75) is 6.92 Å². The molecule has 0 aliphatic carbocycles. The maximum Gasteiger partial charge on any atom is 0.337 e. The summed E-state index contributed by atoms with van der Waals surface area (Å²) >= 11 is 3.23. The smallest absolute Gasteiger partial charge is 0.337 e. The van der Waals surface area contributed by atoms with Gasteiger partial charge in [0.1, 0.15) is 0 Å². The summed E-state index contributed by atoms with van der Waals surface area (Å²) in [6.07, 6.45) is 0. The minimum atomic E-state index is -0.981. The summed E-state index contributed by atoms with van der Waals surface area (Å²) < 4.78 is 11.9. The van der Waals surface area contributed by atoms with Crippen LogP contribution >= 0.6 is 15.9 Å². The normalized spacial score (nSPS) is 12.1. The summed E-state index contributed by atoms with van der Waals surface area (Å²) in [4.78, 5) is 11.0. The molecule has 1 rings (SSSR count). The van der Waals surface area contributed by atoms with Crippen molar-refractivity contribution < 1.29 is 14.1 Å². The minimum Gasteiger partial charge on any atom is -0.478 e. The third kappa shape index (κ3) is 4.47. The highest BCUT2D eigenvalue weighted by Crippen LogP contribution is 2.20. The molecular formula is C11H14BrNO3S. The number of nitrogens with one attached hydrogen (secondary N) is 1. The Morgan fingerprint density at radius 2 is 2.24 bits per heavy atom. The fourth-order valence-electron chi connectivity index (χ4n) is 1.29. The van der Waals surface area contributed by atoms with Crippen molar-refractivity contribution in [1.29, 1.82) is 0 Å². The lowest BCUT2D eigenvalue weighted by molar-refractivity contribution is 0.0698. The Bertz CT molecular complexity index is 437. The Morgan fingerprint density at radius 3 is 2.82 bits per heavy atom. The topological polar surface area (TPSA) is 66.4 Å². The number of halogens is 1. The molecule has 0 amide bonds. The van der Waals surface area contributed by atoms with Gasteiger partial charge in [0.2, 0.25) is 0 Å². The van der Waals surface area contributed by atoms with E-state index in [-0.39, 0.29) is 5.56 Å². The zero-order chi connectivity index (χ0) is 12.8. The molecule has 17 heavy (non-hydrogen) atoms. The van der Waals surface area contributed by atoms with Crippen molar-refractivity contribution in [1.82, 2.24) is 0 Å². The molecule has 0 heterocycles. The molecule has 6 heteroatoms. The first kappa shape index (κ1) is 14.2. The van der Waals surface area contributed by atoms with Crippen LogP contribution in [0.3, 0.4) is 0 Å². The fraction of sp³-hybridized carbons (Fsp3) is 0.364. The Morgan fingerprint density at radius 1 is 1.53 bits per heavy atom. The molecule has 0 saturated carbocycles. The molecule has 1 aromatic carbocycles. The van der Waals surface area contributed by atoms with Gasteiger partial charge in [0.25, 0.3) is 0 Å². The van der Waals surface area contributed by atoms with Crippen LogP contribution < -0.4 is 5.32 Å². The second-order valence-corrected chi connectivity index (χ2v) is 6.14. The Labute approximate surface area is 111 Å². The van der Waals surface area contributed by atoms with Gasteiger partial charge in [-0.05, 0) is 18.2 Å². The van der Waals surface area contributed by atoms with Crippen LogP contribution in [-0.2, 0) is 10.8 Å². The van der Waals surface area contributed by atoms with E-state index >= 15 is 0 Å². The van der Waals surface area contributed by atoms with E-state index in [9.17, 15) is 9.00 Å². The molecule has 2 N–H and O–H groups in total. The monoisotopic (exact) mass is 319 g/mol. The number of aromatic carboxylic acids is 1. The highest BCUT2D eigenvalue weighted by Gasteiger charge is 2.10.